The van der Waals surface area contributed by atoms with Crippen LogP contribution in [0.15, 0.2) is 0 Å². The Balaban J connectivity index is 1.95. The third-order valence-electron chi connectivity index (χ3n) is 4.38. The fourth-order valence-corrected chi connectivity index (χ4v) is 3.37. The summed E-state index contributed by atoms with van der Waals surface area (Å²) < 4.78 is 0. The van der Waals surface area contributed by atoms with E-state index in [1.807, 2.05) is 6.92 Å². The maximum atomic E-state index is 12.3. The van der Waals surface area contributed by atoms with Crippen LogP contribution >= 0.6 is 0 Å². The van der Waals surface area contributed by atoms with Crippen LogP contribution in [0.1, 0.15) is 51.9 Å². The summed E-state index contributed by atoms with van der Waals surface area (Å²) in [5, 5.41) is 21.5. The number of hydrogen-bond donors (Lipinski definition) is 3. The first-order chi connectivity index (χ1) is 9.52. The van der Waals surface area contributed by atoms with Crippen LogP contribution in [0.4, 0.5) is 4.79 Å². The fraction of sp³-hybridized carbons (Fsp3) is 0.857. The number of carbonyl (C=O) groups is 2. The summed E-state index contributed by atoms with van der Waals surface area (Å²) >= 11 is 0. The Labute approximate surface area is 119 Å². The van der Waals surface area contributed by atoms with Crippen molar-refractivity contribution >= 4 is 12.0 Å². The Morgan fingerprint density at radius 1 is 1.30 bits per heavy atom. The minimum atomic E-state index is -0.976. The Morgan fingerprint density at radius 3 is 2.40 bits per heavy atom. The Morgan fingerprint density at radius 2 is 1.90 bits per heavy atom. The predicted molar refractivity (Wildman–Crippen MR) is 73.4 cm³/mol. The molecule has 2 saturated heterocycles. The molecule has 0 saturated carbocycles. The second-order valence-electron chi connectivity index (χ2n) is 5.90. The molecule has 2 aliphatic rings. The molecule has 2 amide bonds. The lowest BCUT2D eigenvalue weighted by Crippen LogP contribution is -2.55. The van der Waals surface area contributed by atoms with Gasteiger partial charge in [-0.3, -0.25) is 0 Å². The Hall–Kier alpha value is -1.30. The van der Waals surface area contributed by atoms with Crippen molar-refractivity contribution in [1.29, 1.82) is 0 Å². The largest absolute Gasteiger partial charge is 0.480 e. The maximum Gasteiger partial charge on any atom is 0.326 e. The zero-order valence-electron chi connectivity index (χ0n) is 11.9. The van der Waals surface area contributed by atoms with E-state index in [2.05, 4.69) is 5.32 Å². The van der Waals surface area contributed by atoms with E-state index in [0.29, 0.717) is 19.3 Å². The molecule has 2 bridgehead atoms. The number of unbranched alkanes of at least 4 members (excludes halogenated alkanes) is 1. The number of aliphatic hydroxyl groups is 1. The van der Waals surface area contributed by atoms with Gasteiger partial charge >= 0.3 is 12.0 Å². The molecule has 2 rings (SSSR count). The normalized spacial score (nSPS) is 30.1. The molecule has 0 aromatic carbocycles. The maximum absolute atomic E-state index is 12.3. The summed E-state index contributed by atoms with van der Waals surface area (Å²) in [6, 6.07) is -0.977. The van der Waals surface area contributed by atoms with E-state index >= 15 is 0 Å². The minimum Gasteiger partial charge on any atom is -0.480 e. The molecule has 3 N–H and O–H groups in total. The lowest BCUT2D eigenvalue weighted by molar-refractivity contribution is -0.139. The van der Waals surface area contributed by atoms with Crippen molar-refractivity contribution in [3.8, 4) is 0 Å². The van der Waals surface area contributed by atoms with Crippen molar-refractivity contribution in [2.24, 2.45) is 0 Å². The quantitative estimate of drug-likeness (QED) is 0.710. The van der Waals surface area contributed by atoms with Crippen LogP contribution in [0.2, 0.25) is 0 Å². The molecule has 0 radical (unpaired) electrons. The molecule has 0 aliphatic carbocycles. The van der Waals surface area contributed by atoms with Crippen molar-refractivity contribution in [2.45, 2.75) is 76.1 Å². The topological polar surface area (TPSA) is 89.9 Å². The van der Waals surface area contributed by atoms with Crippen molar-refractivity contribution in [2.75, 3.05) is 0 Å². The van der Waals surface area contributed by atoms with Gasteiger partial charge in [0.05, 0.1) is 6.10 Å². The van der Waals surface area contributed by atoms with E-state index in [1.165, 1.54) is 0 Å². The van der Waals surface area contributed by atoms with E-state index < -0.39 is 12.0 Å². The number of fused-ring (bicyclic) bond motifs is 2. The zero-order valence-corrected chi connectivity index (χ0v) is 11.9. The number of carbonyl (C=O) groups excluding carboxylic acids is 1. The molecule has 6 nitrogen and oxygen atoms in total. The van der Waals surface area contributed by atoms with E-state index in [4.69, 9.17) is 5.11 Å². The van der Waals surface area contributed by atoms with Gasteiger partial charge in [-0.1, -0.05) is 19.8 Å². The molecule has 2 fully saturated rings. The van der Waals surface area contributed by atoms with Crippen molar-refractivity contribution in [3.63, 3.8) is 0 Å². The first kappa shape index (κ1) is 15.1. The van der Waals surface area contributed by atoms with Gasteiger partial charge in [-0.2, -0.15) is 0 Å². The third-order valence-corrected chi connectivity index (χ3v) is 4.38. The molecular formula is C14H24N2O4. The number of rotatable bonds is 5. The van der Waals surface area contributed by atoms with Crippen LogP contribution in [0.5, 0.6) is 0 Å². The molecule has 0 aromatic rings. The lowest BCUT2D eigenvalue weighted by Gasteiger charge is -2.37. The number of aliphatic carboxylic acids is 1. The van der Waals surface area contributed by atoms with Crippen molar-refractivity contribution in [3.05, 3.63) is 0 Å². The molecule has 2 unspecified atom stereocenters. The fourth-order valence-electron chi connectivity index (χ4n) is 3.37. The number of aliphatic hydroxyl groups excluding tert-OH is 1. The van der Waals surface area contributed by atoms with E-state index in [9.17, 15) is 14.7 Å². The number of amides is 2. The van der Waals surface area contributed by atoms with E-state index in [1.54, 1.807) is 4.90 Å². The molecule has 2 heterocycles. The van der Waals surface area contributed by atoms with Crippen LogP contribution in [0.25, 0.3) is 0 Å². The van der Waals surface area contributed by atoms with Gasteiger partial charge in [0.2, 0.25) is 0 Å². The number of carboxylic acid groups (broad SMARTS) is 1. The van der Waals surface area contributed by atoms with Crippen LogP contribution in [0, 0.1) is 0 Å². The third kappa shape index (κ3) is 3.23. The lowest BCUT2D eigenvalue weighted by atomic mass is 10.0. The summed E-state index contributed by atoms with van der Waals surface area (Å²) in [7, 11) is 0. The van der Waals surface area contributed by atoms with E-state index in [-0.39, 0.29) is 24.2 Å². The van der Waals surface area contributed by atoms with Gasteiger partial charge in [0.1, 0.15) is 6.04 Å². The Bertz CT molecular complexity index is 360. The highest BCUT2D eigenvalue weighted by Gasteiger charge is 2.43. The van der Waals surface area contributed by atoms with Gasteiger partial charge in [0, 0.05) is 12.1 Å². The summed E-state index contributed by atoms with van der Waals surface area (Å²) in [5.74, 6) is -0.976. The van der Waals surface area contributed by atoms with E-state index in [0.717, 1.165) is 25.7 Å². The number of nitrogens with one attached hydrogen (secondary N) is 1. The summed E-state index contributed by atoms with van der Waals surface area (Å²) in [6.07, 6.45) is 4.84. The van der Waals surface area contributed by atoms with Gasteiger partial charge in [-0.15, -0.1) is 0 Å². The van der Waals surface area contributed by atoms with Crippen LogP contribution < -0.4 is 5.32 Å². The van der Waals surface area contributed by atoms with Crippen LogP contribution in [-0.4, -0.2) is 51.3 Å². The van der Waals surface area contributed by atoms with Gasteiger partial charge in [-0.25, -0.2) is 9.59 Å². The van der Waals surface area contributed by atoms with Crippen molar-refractivity contribution in [1.82, 2.24) is 10.2 Å². The zero-order chi connectivity index (χ0) is 14.7. The molecule has 20 heavy (non-hydrogen) atoms. The molecule has 0 spiro atoms. The number of piperidine rings is 1. The van der Waals surface area contributed by atoms with Crippen LogP contribution in [0.3, 0.4) is 0 Å². The second kappa shape index (κ2) is 6.43. The summed E-state index contributed by atoms with van der Waals surface area (Å²) in [5.41, 5.74) is 0. The highest BCUT2D eigenvalue weighted by molar-refractivity contribution is 5.83. The first-order valence-corrected chi connectivity index (χ1v) is 7.52. The molecule has 2 aliphatic heterocycles. The molecule has 3 atom stereocenters. The Kier molecular flexibility index (Phi) is 4.86. The first-order valence-electron chi connectivity index (χ1n) is 7.52. The highest BCUT2D eigenvalue weighted by Crippen LogP contribution is 2.35. The number of urea groups is 1. The van der Waals surface area contributed by atoms with Gasteiger partial charge < -0.3 is 20.4 Å². The van der Waals surface area contributed by atoms with Crippen molar-refractivity contribution < 1.29 is 19.8 Å². The predicted octanol–water partition coefficient (Wildman–Crippen LogP) is 1.33. The number of nitrogens with zero attached hydrogens (tertiary/aromatic N) is 1. The highest BCUT2D eigenvalue weighted by atomic mass is 16.4. The van der Waals surface area contributed by atoms with Crippen LogP contribution in [-0.2, 0) is 4.79 Å². The average molecular weight is 284 g/mol. The monoisotopic (exact) mass is 284 g/mol. The molecule has 6 heteroatoms. The molecular weight excluding hydrogens is 260 g/mol. The second-order valence-corrected chi connectivity index (χ2v) is 5.90. The molecule has 0 aromatic heterocycles. The van der Waals surface area contributed by atoms with Gasteiger partial charge in [0.25, 0.3) is 0 Å². The van der Waals surface area contributed by atoms with Gasteiger partial charge in [-0.05, 0) is 32.1 Å². The summed E-state index contributed by atoms with van der Waals surface area (Å²) in [4.78, 5) is 25.3. The number of carboxylic acids is 1. The molecule has 114 valence electrons. The summed E-state index contributed by atoms with van der Waals surface area (Å²) in [6.45, 7) is 1.99. The standard InChI is InChI=1S/C14H24N2O4/c1-2-3-4-12(13(18)19)15-14(20)16-9-5-6-10(16)8-11(17)7-9/h9-12,17H,2-8H2,1H3,(H,15,20)(H,18,19)/t9?,10?,11?,12-/m0/s1. The average Bonchev–Trinajstić information content (AvgIpc) is 2.66. The number of hydrogen-bond acceptors (Lipinski definition) is 3. The smallest absolute Gasteiger partial charge is 0.326 e. The SMILES string of the molecule is CCCC[C@H](NC(=O)N1C2CCC1CC(O)C2)C(=O)O. The minimum absolute atomic E-state index is 0.0596. The van der Waals surface area contributed by atoms with Gasteiger partial charge in [0.15, 0.2) is 0 Å².